The Balaban J connectivity index is 1.33. The van der Waals surface area contributed by atoms with Crippen LogP contribution in [-0.2, 0) is 23.7 Å². The highest BCUT2D eigenvalue weighted by atomic mass is 32.2. The third-order valence-electron chi connectivity index (χ3n) is 9.86. The molecule has 1 aliphatic heterocycles. The molecular formula is C50H43N3O9S2. The number of ether oxygens (including phenoxy) is 5. The Morgan fingerprint density at radius 1 is 0.562 bits per heavy atom. The first-order chi connectivity index (χ1) is 31.1. The Hall–Kier alpha value is -7.13. The van der Waals surface area contributed by atoms with Gasteiger partial charge in [0.05, 0.1) is 22.3 Å². The summed E-state index contributed by atoms with van der Waals surface area (Å²) in [6.07, 6.45) is -5.88. The second kappa shape index (κ2) is 21.8. The maximum Gasteiger partial charge on any atom is 0.338 e. The van der Waals surface area contributed by atoms with Crippen LogP contribution in [0.25, 0.3) is 0 Å². The molecule has 0 spiro atoms. The molecule has 5 atom stereocenters. The Morgan fingerprint density at radius 2 is 1.02 bits per heavy atom. The van der Waals surface area contributed by atoms with Gasteiger partial charge in [0.1, 0.15) is 12.7 Å². The van der Waals surface area contributed by atoms with Crippen molar-refractivity contribution in [1.82, 2.24) is 0 Å². The number of thioether (sulfide) groups is 1. The molecule has 6 aromatic rings. The van der Waals surface area contributed by atoms with Crippen molar-refractivity contribution in [2.75, 3.05) is 17.2 Å². The lowest BCUT2D eigenvalue weighted by Crippen LogP contribution is -2.62. The molecule has 0 saturated carbocycles. The summed E-state index contributed by atoms with van der Waals surface area (Å²) in [6.45, 7) is 3.40. The van der Waals surface area contributed by atoms with Gasteiger partial charge >= 0.3 is 23.9 Å². The number of rotatable bonds is 12. The average Bonchev–Trinajstić information content (AvgIpc) is 3.32. The van der Waals surface area contributed by atoms with Gasteiger partial charge in [0.25, 0.3) is 0 Å². The summed E-state index contributed by atoms with van der Waals surface area (Å²) in [4.78, 5) is 60.4. The maximum absolute atomic E-state index is 14.1. The normalized spacial score (nSPS) is 18.2. The molecular weight excluding hydrogens is 851 g/mol. The van der Waals surface area contributed by atoms with Crippen LogP contribution >= 0.6 is 24.0 Å². The molecule has 1 saturated heterocycles. The van der Waals surface area contributed by atoms with Gasteiger partial charge in [0, 0.05) is 11.4 Å². The van der Waals surface area contributed by atoms with Gasteiger partial charge in [-0.2, -0.15) is 4.99 Å². The number of hydrogen-bond acceptors (Lipinski definition) is 11. The summed E-state index contributed by atoms with van der Waals surface area (Å²) in [5.74, 6) is -3.09. The second-order valence-corrected chi connectivity index (χ2v) is 16.0. The molecule has 7 rings (SSSR count). The van der Waals surface area contributed by atoms with E-state index < -0.39 is 60.3 Å². The zero-order valence-corrected chi connectivity index (χ0v) is 36.3. The molecule has 0 aromatic heterocycles. The number of carbonyl (C=O) groups excluding carboxylic acids is 4. The van der Waals surface area contributed by atoms with Crippen LogP contribution in [0.5, 0.6) is 0 Å². The molecule has 14 heteroatoms. The zero-order valence-electron chi connectivity index (χ0n) is 34.7. The predicted octanol–water partition coefficient (Wildman–Crippen LogP) is 9.46. The maximum atomic E-state index is 14.1. The molecule has 1 heterocycles. The fourth-order valence-electron chi connectivity index (χ4n) is 6.52. The Labute approximate surface area is 380 Å². The van der Waals surface area contributed by atoms with Crippen molar-refractivity contribution in [1.29, 1.82) is 0 Å². The van der Waals surface area contributed by atoms with Crippen molar-refractivity contribution >= 4 is 69.5 Å². The minimum atomic E-state index is -1.56. The molecule has 64 heavy (non-hydrogen) atoms. The highest BCUT2D eigenvalue weighted by Crippen LogP contribution is 2.37. The molecule has 0 radical (unpaired) electrons. The number of thiocarbonyl (C=S) groups is 1. The minimum absolute atomic E-state index is 0.0798. The Kier molecular flexibility index (Phi) is 15.3. The molecule has 324 valence electrons. The summed E-state index contributed by atoms with van der Waals surface area (Å²) in [6, 6.07) is 48.0. The Morgan fingerprint density at radius 3 is 1.53 bits per heavy atom. The van der Waals surface area contributed by atoms with Gasteiger partial charge in [0.2, 0.25) is 0 Å². The molecule has 6 aromatic carbocycles. The standard InChI is InChI=1S/C50H43N3O9S2/c1-32-27-29-38(30-28-32)51-49(63)53-50(52-39-26-16-15-17-33(39)2)64-48-43(62-47(57)37-24-13-6-14-25-37)42(61-46(56)36-22-11-5-12-23-36)41(60-45(55)35-20-9-4-10-21-35)40(59-48)31-58-44(54)34-18-7-3-8-19-34/h3-30,40-43,48H,31H2,1-2H3,(H2,51,52,53,63)/t40-,41-,42+,43-,48?/m1/s1. The molecule has 0 amide bonds. The summed E-state index contributed by atoms with van der Waals surface area (Å²) >= 11 is 6.72. The first-order valence-electron chi connectivity index (χ1n) is 20.2. The van der Waals surface area contributed by atoms with Crippen molar-refractivity contribution in [3.8, 4) is 0 Å². The van der Waals surface area contributed by atoms with Gasteiger partial charge in [-0.1, -0.05) is 120 Å². The second-order valence-electron chi connectivity index (χ2n) is 14.5. The number of para-hydroxylation sites is 1. The average molecular weight is 894 g/mol. The fraction of sp³-hybridized carbons (Fsp3) is 0.160. The number of nitrogens with zero attached hydrogens (tertiary/aromatic N) is 1. The number of amidine groups is 1. The number of carbonyl (C=O) groups is 4. The Bertz CT molecular complexity index is 2580. The van der Waals surface area contributed by atoms with Crippen molar-refractivity contribution in [3.63, 3.8) is 0 Å². The topological polar surface area (TPSA) is 151 Å². The first kappa shape index (κ1) is 44.9. The van der Waals surface area contributed by atoms with Crippen LogP contribution < -0.4 is 10.6 Å². The molecule has 1 unspecified atom stereocenters. The van der Waals surface area contributed by atoms with Crippen molar-refractivity contribution in [2.45, 2.75) is 43.7 Å². The van der Waals surface area contributed by atoms with Crippen LogP contribution in [0.3, 0.4) is 0 Å². The van der Waals surface area contributed by atoms with Crippen LogP contribution in [0.2, 0.25) is 0 Å². The first-order valence-corrected chi connectivity index (χ1v) is 21.5. The summed E-state index contributed by atoms with van der Waals surface area (Å²) in [7, 11) is 0. The van der Waals surface area contributed by atoms with E-state index in [9.17, 15) is 19.2 Å². The third kappa shape index (κ3) is 12.1. The SMILES string of the molecule is Cc1ccc(NC(=S)/N=C(\Nc2ccccc2C)SC2O[C@H](COC(=O)c3ccccc3)[C@@H](OC(=O)c3ccccc3)[C@H](OC(=O)c3ccccc3)[C@H]2OC(=O)c2ccccc2)cc1. The van der Waals surface area contributed by atoms with Crippen LogP contribution in [0, 0.1) is 13.8 Å². The lowest BCUT2D eigenvalue weighted by atomic mass is 9.98. The molecule has 0 aliphatic carbocycles. The highest BCUT2D eigenvalue weighted by Gasteiger charge is 2.54. The quantitative estimate of drug-likeness (QED) is 0.0395. The van der Waals surface area contributed by atoms with E-state index >= 15 is 0 Å². The van der Waals surface area contributed by atoms with Crippen LogP contribution in [0.15, 0.2) is 175 Å². The number of hydrogen-bond donors (Lipinski definition) is 2. The predicted molar refractivity (Wildman–Crippen MR) is 250 cm³/mol. The van der Waals surface area contributed by atoms with E-state index in [0.717, 1.165) is 22.9 Å². The lowest BCUT2D eigenvalue weighted by molar-refractivity contribution is -0.207. The molecule has 12 nitrogen and oxygen atoms in total. The number of benzene rings is 6. The van der Waals surface area contributed by atoms with Gasteiger partial charge < -0.3 is 34.3 Å². The molecule has 1 fully saturated rings. The molecule has 0 bridgehead atoms. The minimum Gasteiger partial charge on any atom is -0.459 e. The summed E-state index contributed by atoms with van der Waals surface area (Å²) in [5.41, 5.74) is 2.81. The smallest absolute Gasteiger partial charge is 0.338 e. The van der Waals surface area contributed by atoms with Crippen molar-refractivity contribution in [3.05, 3.63) is 203 Å². The number of anilines is 2. The number of nitrogens with one attached hydrogen (secondary N) is 2. The zero-order chi connectivity index (χ0) is 44.8. The van der Waals surface area contributed by atoms with Gasteiger partial charge in [-0.05, 0) is 98.4 Å². The van der Waals surface area contributed by atoms with Gasteiger partial charge in [-0.25, -0.2) is 19.2 Å². The van der Waals surface area contributed by atoms with E-state index in [0.29, 0.717) is 11.4 Å². The van der Waals surface area contributed by atoms with E-state index in [2.05, 4.69) is 10.6 Å². The van der Waals surface area contributed by atoms with Crippen molar-refractivity contribution in [2.24, 2.45) is 4.99 Å². The van der Waals surface area contributed by atoms with Gasteiger partial charge in [0.15, 0.2) is 34.0 Å². The molecule has 1 aliphatic rings. The molecule has 2 N–H and O–H groups in total. The van der Waals surface area contributed by atoms with Crippen molar-refractivity contribution < 1.29 is 42.9 Å². The van der Waals surface area contributed by atoms with Crippen LogP contribution in [0.1, 0.15) is 52.6 Å². The van der Waals surface area contributed by atoms with Crippen LogP contribution in [0.4, 0.5) is 11.4 Å². The van der Waals surface area contributed by atoms with Gasteiger partial charge in [-0.3, -0.25) is 0 Å². The monoisotopic (exact) mass is 893 g/mol. The third-order valence-corrected chi connectivity index (χ3v) is 11.1. The fourth-order valence-corrected chi connectivity index (χ4v) is 7.87. The van der Waals surface area contributed by atoms with E-state index in [4.69, 9.17) is 40.9 Å². The number of aryl methyl sites for hydroxylation is 2. The van der Waals surface area contributed by atoms with Gasteiger partial charge in [-0.15, -0.1) is 0 Å². The van der Waals surface area contributed by atoms with Crippen LogP contribution in [-0.4, -0.2) is 70.6 Å². The summed E-state index contributed by atoms with van der Waals surface area (Å²) in [5, 5.41) is 6.75. The lowest BCUT2D eigenvalue weighted by Gasteiger charge is -2.44. The van der Waals surface area contributed by atoms with E-state index in [1.54, 1.807) is 121 Å². The largest absolute Gasteiger partial charge is 0.459 e. The summed E-state index contributed by atoms with van der Waals surface area (Å²) < 4.78 is 31.4. The number of esters is 4. The van der Waals surface area contributed by atoms with E-state index in [1.807, 2.05) is 62.4 Å². The van der Waals surface area contributed by atoms with E-state index in [1.165, 1.54) is 0 Å². The van der Waals surface area contributed by atoms with E-state index in [-0.39, 0.29) is 32.5 Å². The highest BCUT2D eigenvalue weighted by molar-refractivity contribution is 8.14. The number of aliphatic imine (C=N–C) groups is 1.